The van der Waals surface area contributed by atoms with E-state index in [4.69, 9.17) is 23.1 Å². The Hall–Kier alpha value is -1.13. The molecular formula is C9H10ClFN2O. The zero-order chi connectivity index (χ0) is 10.7. The van der Waals surface area contributed by atoms with Gasteiger partial charge in [-0.15, -0.1) is 0 Å². The van der Waals surface area contributed by atoms with Gasteiger partial charge >= 0.3 is 0 Å². The molecule has 0 saturated heterocycles. The molecule has 0 spiro atoms. The number of nitrogens with two attached hydrogens (primary N) is 2. The molecule has 1 unspecified atom stereocenters. The highest BCUT2D eigenvalue weighted by atomic mass is 35.5. The maximum atomic E-state index is 13.2. The van der Waals surface area contributed by atoms with E-state index in [0.29, 0.717) is 10.6 Å². The Balaban J connectivity index is 2.82. The summed E-state index contributed by atoms with van der Waals surface area (Å²) in [4.78, 5) is 10.6. The molecule has 0 saturated carbocycles. The maximum absolute atomic E-state index is 13.2. The Labute approximate surface area is 85.8 Å². The zero-order valence-electron chi connectivity index (χ0n) is 7.34. The molecule has 0 aliphatic carbocycles. The Morgan fingerprint density at radius 2 is 2.21 bits per heavy atom. The molecule has 14 heavy (non-hydrogen) atoms. The van der Waals surface area contributed by atoms with Crippen LogP contribution in [0, 0.1) is 5.82 Å². The van der Waals surface area contributed by atoms with Gasteiger partial charge in [0.05, 0.1) is 6.04 Å². The fourth-order valence-corrected chi connectivity index (χ4v) is 1.18. The summed E-state index contributed by atoms with van der Waals surface area (Å²) in [7, 11) is 0. The van der Waals surface area contributed by atoms with E-state index in [2.05, 4.69) is 0 Å². The SMILES string of the molecule is NC(=O)C(N)Cc1ccc(Cl)cc1F. The maximum Gasteiger partial charge on any atom is 0.234 e. The van der Waals surface area contributed by atoms with E-state index in [9.17, 15) is 9.18 Å². The second-order valence-electron chi connectivity index (χ2n) is 2.95. The van der Waals surface area contributed by atoms with Gasteiger partial charge in [0.15, 0.2) is 0 Å². The molecule has 0 aliphatic rings. The van der Waals surface area contributed by atoms with E-state index >= 15 is 0 Å². The Kier molecular flexibility index (Phi) is 3.43. The minimum Gasteiger partial charge on any atom is -0.368 e. The summed E-state index contributed by atoms with van der Waals surface area (Å²) in [6.45, 7) is 0. The molecule has 0 aliphatic heterocycles. The second-order valence-corrected chi connectivity index (χ2v) is 3.39. The highest BCUT2D eigenvalue weighted by Crippen LogP contribution is 2.15. The van der Waals surface area contributed by atoms with Gasteiger partial charge in [0.25, 0.3) is 0 Å². The van der Waals surface area contributed by atoms with Gasteiger partial charge < -0.3 is 11.5 Å². The molecule has 0 heterocycles. The number of benzene rings is 1. The lowest BCUT2D eigenvalue weighted by Crippen LogP contribution is -2.38. The average Bonchev–Trinajstić information content (AvgIpc) is 2.09. The van der Waals surface area contributed by atoms with Crippen LogP contribution in [0.25, 0.3) is 0 Å². The molecule has 5 heteroatoms. The van der Waals surface area contributed by atoms with Crippen LogP contribution in [0.2, 0.25) is 5.02 Å². The quantitative estimate of drug-likeness (QED) is 0.786. The Morgan fingerprint density at radius 1 is 1.57 bits per heavy atom. The topological polar surface area (TPSA) is 69.1 Å². The summed E-state index contributed by atoms with van der Waals surface area (Å²) < 4.78 is 13.2. The Morgan fingerprint density at radius 3 is 2.71 bits per heavy atom. The first-order valence-corrected chi connectivity index (χ1v) is 4.37. The minimum absolute atomic E-state index is 0.0817. The van der Waals surface area contributed by atoms with Crippen molar-refractivity contribution in [1.29, 1.82) is 0 Å². The molecule has 4 N–H and O–H groups in total. The predicted molar refractivity (Wildman–Crippen MR) is 52.3 cm³/mol. The number of carbonyl (C=O) groups is 1. The van der Waals surface area contributed by atoms with Crippen LogP contribution in [0.5, 0.6) is 0 Å². The van der Waals surface area contributed by atoms with Crippen LogP contribution in [0.3, 0.4) is 0 Å². The number of hydrogen-bond acceptors (Lipinski definition) is 2. The first-order chi connectivity index (χ1) is 6.50. The lowest BCUT2D eigenvalue weighted by atomic mass is 10.1. The third kappa shape index (κ3) is 2.68. The van der Waals surface area contributed by atoms with Crippen molar-refractivity contribution >= 4 is 17.5 Å². The summed E-state index contributed by atoms with van der Waals surface area (Å²) in [5, 5.41) is 0.305. The highest BCUT2D eigenvalue weighted by molar-refractivity contribution is 6.30. The third-order valence-electron chi connectivity index (χ3n) is 1.82. The molecule has 0 bridgehead atoms. The zero-order valence-corrected chi connectivity index (χ0v) is 8.09. The van der Waals surface area contributed by atoms with Crippen LogP contribution in [-0.4, -0.2) is 11.9 Å². The van der Waals surface area contributed by atoms with Crippen molar-refractivity contribution in [3.63, 3.8) is 0 Å². The van der Waals surface area contributed by atoms with Gasteiger partial charge in [-0.25, -0.2) is 4.39 Å². The molecule has 1 amide bonds. The highest BCUT2D eigenvalue weighted by Gasteiger charge is 2.12. The smallest absolute Gasteiger partial charge is 0.234 e. The van der Waals surface area contributed by atoms with Gasteiger partial charge in [-0.3, -0.25) is 4.79 Å². The van der Waals surface area contributed by atoms with Gasteiger partial charge in [0, 0.05) is 5.02 Å². The van der Waals surface area contributed by atoms with Gasteiger partial charge in [-0.05, 0) is 24.1 Å². The third-order valence-corrected chi connectivity index (χ3v) is 2.06. The summed E-state index contributed by atoms with van der Waals surface area (Å²) >= 11 is 5.55. The van der Waals surface area contributed by atoms with E-state index < -0.39 is 17.8 Å². The van der Waals surface area contributed by atoms with Gasteiger partial charge in [-0.2, -0.15) is 0 Å². The fourth-order valence-electron chi connectivity index (χ4n) is 1.02. The number of rotatable bonds is 3. The summed E-state index contributed by atoms with van der Waals surface area (Å²) in [5.41, 5.74) is 10.7. The minimum atomic E-state index is -0.870. The van der Waals surface area contributed by atoms with Crippen LogP contribution < -0.4 is 11.5 Å². The second kappa shape index (κ2) is 4.39. The van der Waals surface area contributed by atoms with Crippen molar-refractivity contribution in [2.45, 2.75) is 12.5 Å². The van der Waals surface area contributed by atoms with E-state index in [1.165, 1.54) is 18.2 Å². The number of hydrogen-bond donors (Lipinski definition) is 2. The average molecular weight is 217 g/mol. The van der Waals surface area contributed by atoms with Gasteiger partial charge in [0.2, 0.25) is 5.91 Å². The Bertz CT molecular complexity index is 357. The van der Waals surface area contributed by atoms with Crippen molar-refractivity contribution in [3.8, 4) is 0 Å². The van der Waals surface area contributed by atoms with Crippen LogP contribution in [-0.2, 0) is 11.2 Å². The lowest BCUT2D eigenvalue weighted by Gasteiger charge is -2.08. The molecule has 0 fully saturated rings. The number of primary amides is 1. The van der Waals surface area contributed by atoms with Gasteiger partial charge in [0.1, 0.15) is 5.82 Å². The number of amides is 1. The number of carbonyl (C=O) groups excluding carboxylic acids is 1. The largest absolute Gasteiger partial charge is 0.368 e. The van der Waals surface area contributed by atoms with E-state index in [1.807, 2.05) is 0 Å². The fraction of sp³-hybridized carbons (Fsp3) is 0.222. The standard InChI is InChI=1S/C9H10ClFN2O/c10-6-2-1-5(7(11)4-6)3-8(12)9(13)14/h1-2,4,8H,3,12H2,(H2,13,14). The van der Waals surface area contributed by atoms with Crippen LogP contribution in [0.15, 0.2) is 18.2 Å². The van der Waals surface area contributed by atoms with Gasteiger partial charge in [-0.1, -0.05) is 17.7 Å². The monoisotopic (exact) mass is 216 g/mol. The molecule has 3 nitrogen and oxygen atoms in total. The molecular weight excluding hydrogens is 207 g/mol. The number of halogens is 2. The van der Waals surface area contributed by atoms with Crippen molar-refractivity contribution < 1.29 is 9.18 Å². The molecule has 1 aromatic rings. The van der Waals surface area contributed by atoms with Crippen molar-refractivity contribution in [2.24, 2.45) is 11.5 Å². The molecule has 0 aromatic heterocycles. The molecule has 0 radical (unpaired) electrons. The van der Waals surface area contributed by atoms with E-state index in [1.54, 1.807) is 0 Å². The molecule has 1 rings (SSSR count). The normalized spacial score (nSPS) is 12.5. The summed E-state index contributed by atoms with van der Waals surface area (Å²) in [5.74, 6) is -1.13. The molecule has 76 valence electrons. The van der Waals surface area contributed by atoms with Crippen LogP contribution in [0.4, 0.5) is 4.39 Å². The van der Waals surface area contributed by atoms with E-state index in [0.717, 1.165) is 0 Å². The van der Waals surface area contributed by atoms with E-state index in [-0.39, 0.29) is 6.42 Å². The molecule has 1 atom stereocenters. The lowest BCUT2D eigenvalue weighted by molar-refractivity contribution is -0.119. The predicted octanol–water partition coefficient (Wildman–Crippen LogP) is 0.834. The molecule has 1 aromatic carbocycles. The van der Waals surface area contributed by atoms with Crippen molar-refractivity contribution in [1.82, 2.24) is 0 Å². The first-order valence-electron chi connectivity index (χ1n) is 3.99. The summed E-state index contributed by atoms with van der Waals surface area (Å²) in [6.07, 6.45) is 0.0817. The van der Waals surface area contributed by atoms with Crippen LogP contribution >= 0.6 is 11.6 Å². The van der Waals surface area contributed by atoms with Crippen LogP contribution in [0.1, 0.15) is 5.56 Å². The summed E-state index contributed by atoms with van der Waals surface area (Å²) in [6, 6.07) is 3.32. The van der Waals surface area contributed by atoms with Crippen molar-refractivity contribution in [2.75, 3.05) is 0 Å². The first kappa shape index (κ1) is 10.9. The van der Waals surface area contributed by atoms with Crippen molar-refractivity contribution in [3.05, 3.63) is 34.6 Å².